The van der Waals surface area contributed by atoms with Crippen molar-refractivity contribution in [3.63, 3.8) is 0 Å². The van der Waals surface area contributed by atoms with E-state index in [-0.39, 0.29) is 12.4 Å². The number of amides is 1. The van der Waals surface area contributed by atoms with Gasteiger partial charge in [0.15, 0.2) is 0 Å². The third-order valence-corrected chi connectivity index (χ3v) is 5.48. The van der Waals surface area contributed by atoms with Crippen LogP contribution in [0.1, 0.15) is 24.1 Å². The summed E-state index contributed by atoms with van der Waals surface area (Å²) in [4.78, 5) is 12.4. The van der Waals surface area contributed by atoms with E-state index >= 15 is 0 Å². The molecule has 0 aromatic heterocycles. The van der Waals surface area contributed by atoms with E-state index in [2.05, 4.69) is 5.32 Å². The van der Waals surface area contributed by atoms with Crippen LogP contribution < -0.4 is 9.62 Å². The van der Waals surface area contributed by atoms with Gasteiger partial charge in [0.1, 0.15) is 12.4 Å². The van der Waals surface area contributed by atoms with E-state index in [9.17, 15) is 17.6 Å². The molecule has 0 spiro atoms. The Morgan fingerprint density at radius 1 is 1.23 bits per heavy atom. The summed E-state index contributed by atoms with van der Waals surface area (Å²) in [5.74, 6) is -0.849. The predicted molar refractivity (Wildman–Crippen MR) is 101 cm³/mol. The highest BCUT2D eigenvalue weighted by Crippen LogP contribution is 2.28. The highest BCUT2D eigenvalue weighted by molar-refractivity contribution is 7.92. The third kappa shape index (κ3) is 4.95. The zero-order chi connectivity index (χ0) is 19.5. The Hall–Kier alpha value is -2.12. The first-order chi connectivity index (χ1) is 12.1. The predicted octanol–water partition coefficient (Wildman–Crippen LogP) is 3.43. The van der Waals surface area contributed by atoms with E-state index in [1.807, 2.05) is 0 Å². The zero-order valence-electron chi connectivity index (χ0n) is 14.7. The smallest absolute Gasteiger partial charge is 0.241 e. The molecular weight excluding hydrogens is 379 g/mol. The van der Waals surface area contributed by atoms with Gasteiger partial charge in [-0.15, -0.1) is 0 Å². The minimum absolute atomic E-state index is 0.351. The lowest BCUT2D eigenvalue weighted by Gasteiger charge is -2.25. The summed E-state index contributed by atoms with van der Waals surface area (Å²) in [7, 11) is -3.69. The topological polar surface area (TPSA) is 66.5 Å². The van der Waals surface area contributed by atoms with Gasteiger partial charge in [-0.3, -0.25) is 9.10 Å². The Morgan fingerprint density at radius 2 is 1.85 bits per heavy atom. The largest absolute Gasteiger partial charge is 0.348 e. The standard InChI is InChI=1S/C18H20ClFN2O3S/c1-12-16(19)5-4-6-17(12)22(26(3,24)25)11-18(23)21-13(2)14-7-9-15(20)10-8-14/h4-10,13H,11H2,1-3H3,(H,21,23)/t13-/m1/s1. The molecule has 1 amide bonds. The summed E-state index contributed by atoms with van der Waals surface area (Å²) in [5.41, 5.74) is 1.63. The maximum atomic E-state index is 13.0. The van der Waals surface area contributed by atoms with Crippen LogP contribution >= 0.6 is 11.6 Å². The quantitative estimate of drug-likeness (QED) is 0.810. The number of nitrogens with one attached hydrogen (secondary N) is 1. The summed E-state index contributed by atoms with van der Waals surface area (Å²) < 4.78 is 38.4. The van der Waals surface area contributed by atoms with Crippen molar-refractivity contribution in [2.24, 2.45) is 0 Å². The highest BCUT2D eigenvalue weighted by atomic mass is 35.5. The summed E-state index contributed by atoms with van der Waals surface area (Å²) in [6, 6.07) is 10.2. The number of nitrogens with zero attached hydrogens (tertiary/aromatic N) is 1. The highest BCUT2D eigenvalue weighted by Gasteiger charge is 2.23. The second-order valence-electron chi connectivity index (χ2n) is 5.99. The van der Waals surface area contributed by atoms with Crippen molar-refractivity contribution in [2.45, 2.75) is 19.9 Å². The number of anilines is 1. The van der Waals surface area contributed by atoms with E-state index in [4.69, 9.17) is 11.6 Å². The number of hydrogen-bond acceptors (Lipinski definition) is 3. The molecule has 0 fully saturated rings. The van der Waals surface area contributed by atoms with Crippen molar-refractivity contribution in [3.05, 3.63) is 64.4 Å². The van der Waals surface area contributed by atoms with Crippen LogP contribution in [0.5, 0.6) is 0 Å². The van der Waals surface area contributed by atoms with Crippen molar-refractivity contribution in [3.8, 4) is 0 Å². The van der Waals surface area contributed by atoms with Crippen molar-refractivity contribution >= 4 is 33.2 Å². The Labute approximate surface area is 157 Å². The number of halogens is 2. The molecule has 140 valence electrons. The van der Waals surface area contributed by atoms with Crippen LogP contribution in [0.25, 0.3) is 0 Å². The first kappa shape index (κ1) is 20.2. The molecule has 0 saturated carbocycles. The van der Waals surface area contributed by atoms with Gasteiger partial charge in [-0.25, -0.2) is 12.8 Å². The minimum Gasteiger partial charge on any atom is -0.348 e. The fourth-order valence-electron chi connectivity index (χ4n) is 2.50. The maximum Gasteiger partial charge on any atom is 0.241 e. The molecule has 1 N–H and O–H groups in total. The lowest BCUT2D eigenvalue weighted by Crippen LogP contribution is -2.41. The van der Waals surface area contributed by atoms with Crippen LogP contribution in [0.2, 0.25) is 5.02 Å². The molecule has 0 aliphatic rings. The molecular formula is C18H20ClFN2O3S. The van der Waals surface area contributed by atoms with Gasteiger partial charge in [0.05, 0.1) is 18.0 Å². The van der Waals surface area contributed by atoms with Crippen molar-refractivity contribution in [2.75, 3.05) is 17.1 Å². The van der Waals surface area contributed by atoms with E-state index in [0.29, 0.717) is 21.8 Å². The number of carbonyl (C=O) groups is 1. The van der Waals surface area contributed by atoms with Gasteiger partial charge >= 0.3 is 0 Å². The van der Waals surface area contributed by atoms with Gasteiger partial charge < -0.3 is 5.32 Å². The van der Waals surface area contributed by atoms with Gasteiger partial charge in [-0.05, 0) is 49.2 Å². The summed E-state index contributed by atoms with van der Waals surface area (Å²) >= 11 is 6.07. The second-order valence-corrected chi connectivity index (χ2v) is 8.31. The fraction of sp³-hybridized carbons (Fsp3) is 0.278. The zero-order valence-corrected chi connectivity index (χ0v) is 16.2. The van der Waals surface area contributed by atoms with E-state index < -0.39 is 22.0 Å². The lowest BCUT2D eigenvalue weighted by atomic mass is 10.1. The fourth-order valence-corrected chi connectivity index (χ4v) is 3.58. The van der Waals surface area contributed by atoms with Crippen molar-refractivity contribution in [1.82, 2.24) is 5.32 Å². The van der Waals surface area contributed by atoms with Crippen molar-refractivity contribution < 1.29 is 17.6 Å². The van der Waals surface area contributed by atoms with Gasteiger partial charge in [0, 0.05) is 5.02 Å². The first-order valence-electron chi connectivity index (χ1n) is 7.87. The molecule has 2 aromatic rings. The molecule has 2 aromatic carbocycles. The average Bonchev–Trinajstić information content (AvgIpc) is 2.55. The maximum absolute atomic E-state index is 13.0. The molecule has 0 bridgehead atoms. The minimum atomic E-state index is -3.69. The van der Waals surface area contributed by atoms with Crippen LogP contribution in [0.4, 0.5) is 10.1 Å². The molecule has 0 aliphatic carbocycles. The number of carbonyl (C=O) groups excluding carboxylic acids is 1. The van der Waals surface area contributed by atoms with Gasteiger partial charge in [-0.1, -0.05) is 29.8 Å². The molecule has 0 heterocycles. The number of sulfonamides is 1. The number of rotatable bonds is 6. The Kier molecular flexibility index (Phi) is 6.26. The van der Waals surface area contributed by atoms with Crippen molar-refractivity contribution in [1.29, 1.82) is 0 Å². The molecule has 2 rings (SSSR count). The average molecular weight is 399 g/mol. The first-order valence-corrected chi connectivity index (χ1v) is 10.1. The molecule has 0 unspecified atom stereocenters. The van der Waals surface area contributed by atoms with Gasteiger partial charge in [-0.2, -0.15) is 0 Å². The Bertz CT molecular complexity index is 901. The SMILES string of the molecule is Cc1c(Cl)cccc1N(CC(=O)N[C@H](C)c1ccc(F)cc1)S(C)(=O)=O. The normalized spacial score (nSPS) is 12.5. The molecule has 26 heavy (non-hydrogen) atoms. The molecule has 0 saturated heterocycles. The molecule has 0 aliphatic heterocycles. The van der Waals surface area contributed by atoms with Crippen LogP contribution in [-0.4, -0.2) is 27.1 Å². The van der Waals surface area contributed by atoms with Gasteiger partial charge in [0.25, 0.3) is 0 Å². The molecule has 5 nitrogen and oxygen atoms in total. The Morgan fingerprint density at radius 3 is 2.42 bits per heavy atom. The van der Waals surface area contributed by atoms with Crippen LogP contribution in [0.3, 0.4) is 0 Å². The summed E-state index contributed by atoms with van der Waals surface area (Å²) in [6.45, 7) is 3.04. The van der Waals surface area contributed by atoms with E-state index in [1.54, 1.807) is 44.2 Å². The number of hydrogen-bond donors (Lipinski definition) is 1. The van der Waals surface area contributed by atoms with Crippen LogP contribution in [0, 0.1) is 12.7 Å². The van der Waals surface area contributed by atoms with E-state index in [1.165, 1.54) is 12.1 Å². The Balaban J connectivity index is 2.19. The summed E-state index contributed by atoms with van der Waals surface area (Å²) in [6.07, 6.45) is 1.03. The third-order valence-electron chi connectivity index (χ3n) is 3.94. The molecule has 1 atom stereocenters. The van der Waals surface area contributed by atoms with E-state index in [0.717, 1.165) is 10.6 Å². The monoisotopic (exact) mass is 398 g/mol. The van der Waals surface area contributed by atoms with Crippen LogP contribution in [0.15, 0.2) is 42.5 Å². The van der Waals surface area contributed by atoms with Crippen LogP contribution in [-0.2, 0) is 14.8 Å². The molecule has 0 radical (unpaired) electrons. The molecule has 8 heteroatoms. The number of benzene rings is 2. The van der Waals surface area contributed by atoms with Gasteiger partial charge in [0.2, 0.25) is 15.9 Å². The lowest BCUT2D eigenvalue weighted by molar-refractivity contribution is -0.120. The second kappa shape index (κ2) is 8.05. The summed E-state index contributed by atoms with van der Waals surface area (Å²) in [5, 5.41) is 3.13.